The molecule has 1 amide bonds. The smallest absolute Gasteiger partial charge is 0.223 e. The number of hydrogen-bond acceptors (Lipinski definition) is 3. The normalized spacial score (nSPS) is 17.9. The lowest BCUT2D eigenvalue weighted by Gasteiger charge is -2.31. The maximum absolute atomic E-state index is 12.5. The molecule has 128 valence electrons. The molecular formula is C19H30N2O2. The molecule has 1 unspecified atom stereocenters. The summed E-state index contributed by atoms with van der Waals surface area (Å²) in [4.78, 5) is 14.9. The van der Waals surface area contributed by atoms with Crippen molar-refractivity contribution in [3.8, 4) is 0 Å². The molecule has 4 nitrogen and oxygen atoms in total. The van der Waals surface area contributed by atoms with Crippen LogP contribution in [0.4, 0.5) is 0 Å². The number of aliphatic hydroxyl groups excluding tert-OH is 1. The van der Waals surface area contributed by atoms with E-state index >= 15 is 0 Å². The van der Waals surface area contributed by atoms with Crippen LogP contribution in [0.2, 0.25) is 0 Å². The number of piperidine rings is 1. The first kappa shape index (κ1) is 18.0. The van der Waals surface area contributed by atoms with Gasteiger partial charge in [0.1, 0.15) is 0 Å². The Kier molecular flexibility index (Phi) is 7.06. The zero-order chi connectivity index (χ0) is 16.7. The summed E-state index contributed by atoms with van der Waals surface area (Å²) in [5.41, 5.74) is 2.24. The van der Waals surface area contributed by atoms with Crippen molar-refractivity contribution in [2.75, 3.05) is 26.2 Å². The molecule has 23 heavy (non-hydrogen) atoms. The molecule has 0 spiro atoms. The predicted molar refractivity (Wildman–Crippen MR) is 93.2 cm³/mol. The fourth-order valence-electron chi connectivity index (χ4n) is 3.24. The first-order valence-corrected chi connectivity index (χ1v) is 8.90. The summed E-state index contributed by atoms with van der Waals surface area (Å²) in [6.45, 7) is 7.37. The van der Waals surface area contributed by atoms with Gasteiger partial charge in [0, 0.05) is 5.92 Å². The molecule has 2 rings (SSSR count). The Hall–Kier alpha value is -1.39. The van der Waals surface area contributed by atoms with Crippen molar-refractivity contribution in [1.82, 2.24) is 10.2 Å². The molecule has 2 N–H and O–H groups in total. The lowest BCUT2D eigenvalue weighted by molar-refractivity contribution is -0.127. The van der Waals surface area contributed by atoms with Gasteiger partial charge in [-0.05, 0) is 56.4 Å². The van der Waals surface area contributed by atoms with Gasteiger partial charge in [-0.15, -0.1) is 0 Å². The number of aliphatic hydroxyl groups is 1. The van der Waals surface area contributed by atoms with E-state index in [-0.39, 0.29) is 24.5 Å². The Labute approximate surface area is 139 Å². The van der Waals surface area contributed by atoms with Crippen LogP contribution >= 0.6 is 0 Å². The molecule has 1 heterocycles. The largest absolute Gasteiger partial charge is 0.394 e. The minimum absolute atomic E-state index is 0.0636. The summed E-state index contributed by atoms with van der Waals surface area (Å²) in [5, 5.41) is 12.7. The zero-order valence-electron chi connectivity index (χ0n) is 14.4. The SMILES string of the molecule is CCCN1CCC(C(=O)NC(CO)c2ccc(CC)cc2)CC1. The van der Waals surface area contributed by atoms with E-state index in [0.717, 1.165) is 50.9 Å². The van der Waals surface area contributed by atoms with Gasteiger partial charge < -0.3 is 15.3 Å². The second-order valence-electron chi connectivity index (χ2n) is 6.45. The molecule has 1 aliphatic rings. The van der Waals surface area contributed by atoms with Gasteiger partial charge in [0.25, 0.3) is 0 Å². The highest BCUT2D eigenvalue weighted by Gasteiger charge is 2.26. The van der Waals surface area contributed by atoms with Crippen molar-refractivity contribution < 1.29 is 9.90 Å². The number of benzene rings is 1. The van der Waals surface area contributed by atoms with Crippen LogP contribution < -0.4 is 5.32 Å². The molecule has 0 bridgehead atoms. The molecule has 1 aliphatic heterocycles. The Morgan fingerprint density at radius 1 is 1.26 bits per heavy atom. The summed E-state index contributed by atoms with van der Waals surface area (Å²) in [6.07, 6.45) is 3.99. The number of amides is 1. The first-order valence-electron chi connectivity index (χ1n) is 8.90. The number of carbonyl (C=O) groups excluding carboxylic acids is 1. The number of rotatable bonds is 7. The maximum Gasteiger partial charge on any atom is 0.223 e. The lowest BCUT2D eigenvalue weighted by Crippen LogP contribution is -2.42. The van der Waals surface area contributed by atoms with Gasteiger partial charge in [0.2, 0.25) is 5.91 Å². The van der Waals surface area contributed by atoms with Gasteiger partial charge in [-0.1, -0.05) is 38.1 Å². The molecule has 0 saturated carbocycles. The second-order valence-corrected chi connectivity index (χ2v) is 6.45. The van der Waals surface area contributed by atoms with Gasteiger partial charge >= 0.3 is 0 Å². The average molecular weight is 318 g/mol. The van der Waals surface area contributed by atoms with E-state index in [4.69, 9.17) is 0 Å². The molecule has 1 fully saturated rings. The molecule has 4 heteroatoms. The fourth-order valence-corrected chi connectivity index (χ4v) is 3.24. The van der Waals surface area contributed by atoms with Crippen molar-refractivity contribution >= 4 is 5.91 Å². The van der Waals surface area contributed by atoms with Gasteiger partial charge in [0.15, 0.2) is 0 Å². The number of hydrogen-bond donors (Lipinski definition) is 2. The van der Waals surface area contributed by atoms with E-state index in [1.54, 1.807) is 0 Å². The number of carbonyl (C=O) groups is 1. The Bertz CT molecular complexity index is 479. The quantitative estimate of drug-likeness (QED) is 0.812. The van der Waals surface area contributed by atoms with Crippen molar-refractivity contribution in [3.05, 3.63) is 35.4 Å². The van der Waals surface area contributed by atoms with Gasteiger partial charge in [-0.2, -0.15) is 0 Å². The van der Waals surface area contributed by atoms with Crippen LogP contribution in [-0.4, -0.2) is 42.2 Å². The summed E-state index contributed by atoms with van der Waals surface area (Å²) in [6, 6.07) is 7.83. The highest BCUT2D eigenvalue weighted by Crippen LogP contribution is 2.20. The minimum atomic E-state index is -0.304. The van der Waals surface area contributed by atoms with Crippen LogP contribution in [-0.2, 0) is 11.2 Å². The monoisotopic (exact) mass is 318 g/mol. The Morgan fingerprint density at radius 3 is 2.43 bits per heavy atom. The van der Waals surface area contributed by atoms with Gasteiger partial charge in [-0.3, -0.25) is 4.79 Å². The molecule has 1 aromatic rings. The van der Waals surface area contributed by atoms with E-state index < -0.39 is 0 Å². The number of aryl methyl sites for hydroxylation is 1. The van der Waals surface area contributed by atoms with Crippen LogP contribution in [0.1, 0.15) is 50.3 Å². The number of likely N-dealkylation sites (tertiary alicyclic amines) is 1. The fraction of sp³-hybridized carbons (Fsp3) is 0.632. The molecular weight excluding hydrogens is 288 g/mol. The predicted octanol–water partition coefficient (Wildman–Crippen LogP) is 2.52. The maximum atomic E-state index is 12.5. The molecule has 1 atom stereocenters. The van der Waals surface area contributed by atoms with E-state index in [1.165, 1.54) is 5.56 Å². The van der Waals surface area contributed by atoms with Crippen LogP contribution in [0, 0.1) is 5.92 Å². The molecule has 0 aromatic heterocycles. The van der Waals surface area contributed by atoms with Crippen LogP contribution in [0.5, 0.6) is 0 Å². The topological polar surface area (TPSA) is 52.6 Å². The highest BCUT2D eigenvalue weighted by molar-refractivity contribution is 5.79. The minimum Gasteiger partial charge on any atom is -0.394 e. The molecule has 0 aliphatic carbocycles. The highest BCUT2D eigenvalue weighted by atomic mass is 16.3. The van der Waals surface area contributed by atoms with E-state index in [2.05, 4.69) is 36.2 Å². The Balaban J connectivity index is 1.89. The lowest BCUT2D eigenvalue weighted by atomic mass is 9.95. The third kappa shape index (κ3) is 5.05. The van der Waals surface area contributed by atoms with E-state index in [0.29, 0.717) is 0 Å². The second kappa shape index (κ2) is 9.04. The van der Waals surface area contributed by atoms with Crippen molar-refractivity contribution in [1.29, 1.82) is 0 Å². The molecule has 1 saturated heterocycles. The first-order chi connectivity index (χ1) is 11.2. The summed E-state index contributed by atoms with van der Waals surface area (Å²) in [7, 11) is 0. The number of nitrogens with zero attached hydrogens (tertiary/aromatic N) is 1. The van der Waals surface area contributed by atoms with Gasteiger partial charge in [-0.25, -0.2) is 0 Å². The standard InChI is InChI=1S/C19H30N2O2/c1-3-11-21-12-9-17(10-13-21)19(23)20-18(14-22)16-7-5-15(4-2)6-8-16/h5-8,17-18,22H,3-4,9-14H2,1-2H3,(H,20,23). The van der Waals surface area contributed by atoms with Gasteiger partial charge in [0.05, 0.1) is 12.6 Å². The third-order valence-electron chi connectivity index (χ3n) is 4.79. The summed E-state index contributed by atoms with van der Waals surface area (Å²) >= 11 is 0. The van der Waals surface area contributed by atoms with Crippen LogP contribution in [0.15, 0.2) is 24.3 Å². The van der Waals surface area contributed by atoms with Crippen molar-refractivity contribution in [2.24, 2.45) is 5.92 Å². The molecule has 1 aromatic carbocycles. The van der Waals surface area contributed by atoms with Crippen molar-refractivity contribution in [3.63, 3.8) is 0 Å². The van der Waals surface area contributed by atoms with Crippen LogP contribution in [0.3, 0.4) is 0 Å². The summed E-state index contributed by atoms with van der Waals surface area (Å²) < 4.78 is 0. The van der Waals surface area contributed by atoms with Crippen LogP contribution in [0.25, 0.3) is 0 Å². The Morgan fingerprint density at radius 2 is 1.91 bits per heavy atom. The third-order valence-corrected chi connectivity index (χ3v) is 4.79. The van der Waals surface area contributed by atoms with E-state index in [9.17, 15) is 9.90 Å². The van der Waals surface area contributed by atoms with E-state index in [1.807, 2.05) is 12.1 Å². The van der Waals surface area contributed by atoms with Crippen molar-refractivity contribution in [2.45, 2.75) is 45.6 Å². The zero-order valence-corrected chi connectivity index (χ0v) is 14.4. The molecule has 0 radical (unpaired) electrons. The summed E-state index contributed by atoms with van der Waals surface area (Å²) in [5.74, 6) is 0.159. The number of nitrogens with one attached hydrogen (secondary N) is 1. The average Bonchev–Trinajstić information content (AvgIpc) is 2.60.